The van der Waals surface area contributed by atoms with Crippen molar-refractivity contribution in [2.45, 2.75) is 20.0 Å². The molecule has 0 spiro atoms. The van der Waals surface area contributed by atoms with Crippen molar-refractivity contribution in [1.29, 1.82) is 0 Å². The van der Waals surface area contributed by atoms with Crippen LogP contribution >= 0.6 is 0 Å². The van der Waals surface area contributed by atoms with Crippen LogP contribution in [0.15, 0.2) is 21.2 Å². The van der Waals surface area contributed by atoms with E-state index in [1.807, 2.05) is 0 Å². The van der Waals surface area contributed by atoms with Crippen molar-refractivity contribution < 1.29 is 31.5 Å². The van der Waals surface area contributed by atoms with Gasteiger partial charge in [0.05, 0.1) is 12.2 Å². The molecule has 2 aromatic heterocycles. The van der Waals surface area contributed by atoms with Gasteiger partial charge in [0.25, 0.3) is 0 Å². The van der Waals surface area contributed by atoms with E-state index in [0.717, 1.165) is 0 Å². The summed E-state index contributed by atoms with van der Waals surface area (Å²) in [6.45, 7) is 3.02. The zero-order chi connectivity index (χ0) is 14.9. The van der Waals surface area contributed by atoms with Crippen molar-refractivity contribution in [2.24, 2.45) is 0 Å². The lowest BCUT2D eigenvalue weighted by Gasteiger charge is -2.03. The third-order valence-electron chi connectivity index (χ3n) is 2.33. The van der Waals surface area contributed by atoms with Crippen LogP contribution in [0.3, 0.4) is 0 Å². The number of halogens is 3. The number of aryl methyl sites for hydroxylation is 1. The number of ether oxygens (including phenoxy) is 1. The third-order valence-corrected chi connectivity index (χ3v) is 2.33. The Labute approximate surface area is 111 Å². The Morgan fingerprint density at radius 2 is 2.15 bits per heavy atom. The molecule has 0 unspecified atom stereocenters. The normalized spacial score (nSPS) is 11.7. The smallest absolute Gasteiger partial charge is 0.437 e. The number of alkyl halides is 3. The van der Waals surface area contributed by atoms with E-state index in [0.29, 0.717) is 5.76 Å². The molecule has 0 aliphatic rings. The summed E-state index contributed by atoms with van der Waals surface area (Å²) in [6.07, 6.45) is -3.63. The van der Waals surface area contributed by atoms with Gasteiger partial charge in [0, 0.05) is 0 Å². The molecule has 0 aliphatic heterocycles. The van der Waals surface area contributed by atoms with Crippen LogP contribution < -0.4 is 0 Å². The summed E-state index contributed by atoms with van der Waals surface area (Å²) in [7, 11) is 0. The van der Waals surface area contributed by atoms with Gasteiger partial charge in [-0.05, 0) is 19.9 Å². The van der Waals surface area contributed by atoms with Crippen LogP contribution in [0.25, 0.3) is 11.5 Å². The zero-order valence-electron chi connectivity index (χ0n) is 10.6. The van der Waals surface area contributed by atoms with Crippen LogP contribution in [0, 0.1) is 6.92 Å². The first-order valence-electron chi connectivity index (χ1n) is 5.63. The minimum absolute atomic E-state index is 0.0724. The number of esters is 1. The maximum atomic E-state index is 12.8. The lowest BCUT2D eigenvalue weighted by molar-refractivity contribution is -0.141. The molecule has 0 aliphatic carbocycles. The number of nitrogens with zero attached hydrogens (tertiary/aromatic N) is 1. The van der Waals surface area contributed by atoms with Crippen molar-refractivity contribution >= 4 is 5.97 Å². The van der Waals surface area contributed by atoms with Gasteiger partial charge >= 0.3 is 12.1 Å². The number of rotatable bonds is 3. The molecule has 0 atom stereocenters. The molecule has 0 amide bonds. The molecule has 0 radical (unpaired) electrons. The average molecular weight is 289 g/mol. The van der Waals surface area contributed by atoms with Gasteiger partial charge in [-0.2, -0.15) is 13.2 Å². The van der Waals surface area contributed by atoms with Gasteiger partial charge in [-0.1, -0.05) is 0 Å². The maximum absolute atomic E-state index is 12.8. The van der Waals surface area contributed by atoms with Gasteiger partial charge in [-0.25, -0.2) is 9.78 Å². The molecule has 0 saturated heterocycles. The highest BCUT2D eigenvalue weighted by Crippen LogP contribution is 2.35. The van der Waals surface area contributed by atoms with Crippen molar-refractivity contribution in [3.8, 4) is 11.5 Å². The van der Waals surface area contributed by atoms with Crippen molar-refractivity contribution in [3.63, 3.8) is 0 Å². The Morgan fingerprint density at radius 3 is 2.65 bits per heavy atom. The maximum Gasteiger partial charge on any atom is 0.437 e. The summed E-state index contributed by atoms with van der Waals surface area (Å²) < 4.78 is 52.9. The van der Waals surface area contributed by atoms with E-state index in [1.165, 1.54) is 19.3 Å². The number of aromatic nitrogens is 1. The molecule has 2 heterocycles. The van der Waals surface area contributed by atoms with Crippen LogP contribution in [0.5, 0.6) is 0 Å². The first-order valence-corrected chi connectivity index (χ1v) is 5.63. The lowest BCUT2D eigenvalue weighted by Crippen LogP contribution is -2.14. The fourth-order valence-corrected chi connectivity index (χ4v) is 1.53. The number of hydrogen-bond donors (Lipinski definition) is 0. The van der Waals surface area contributed by atoms with Gasteiger partial charge < -0.3 is 13.6 Å². The quantitative estimate of drug-likeness (QED) is 0.810. The average Bonchev–Trinajstić information content (AvgIpc) is 2.94. The highest BCUT2D eigenvalue weighted by molar-refractivity contribution is 5.88. The largest absolute Gasteiger partial charge is 0.469 e. The predicted molar refractivity (Wildman–Crippen MR) is 59.9 cm³/mol. The second-order valence-electron chi connectivity index (χ2n) is 3.86. The van der Waals surface area contributed by atoms with E-state index in [9.17, 15) is 18.0 Å². The minimum Gasteiger partial charge on any atom is -0.469 e. The topological polar surface area (TPSA) is 65.5 Å². The van der Waals surface area contributed by atoms with Crippen LogP contribution in [0.4, 0.5) is 13.2 Å². The molecule has 108 valence electrons. The molecule has 2 rings (SSSR count). The molecule has 0 aromatic carbocycles. The van der Waals surface area contributed by atoms with E-state index < -0.39 is 23.6 Å². The van der Waals surface area contributed by atoms with Gasteiger partial charge in [0.2, 0.25) is 11.7 Å². The number of carbonyl (C=O) groups excluding carboxylic acids is 1. The highest BCUT2D eigenvalue weighted by atomic mass is 19.4. The fraction of sp³-hybridized carbons (Fsp3) is 0.333. The third kappa shape index (κ3) is 2.68. The van der Waals surface area contributed by atoms with E-state index in [1.54, 1.807) is 6.92 Å². The van der Waals surface area contributed by atoms with E-state index >= 15 is 0 Å². The minimum atomic E-state index is -4.82. The number of furan rings is 1. The van der Waals surface area contributed by atoms with Gasteiger partial charge in [0.15, 0.2) is 5.69 Å². The van der Waals surface area contributed by atoms with Gasteiger partial charge in [-0.3, -0.25) is 0 Å². The Bertz CT molecular complexity index is 627. The fourth-order valence-electron chi connectivity index (χ4n) is 1.53. The molecule has 2 aromatic rings. The zero-order valence-corrected chi connectivity index (χ0v) is 10.6. The summed E-state index contributed by atoms with van der Waals surface area (Å²) in [5.74, 6) is -2.05. The van der Waals surface area contributed by atoms with Gasteiger partial charge in [0.1, 0.15) is 12.0 Å². The number of carbonyl (C=O) groups is 1. The molecule has 0 fully saturated rings. The molecule has 0 saturated carbocycles. The second-order valence-corrected chi connectivity index (χ2v) is 3.86. The molecule has 0 N–H and O–H groups in total. The highest BCUT2D eigenvalue weighted by Gasteiger charge is 2.42. The molecule has 8 heteroatoms. The Balaban J connectivity index is 2.50. The Morgan fingerprint density at radius 1 is 1.45 bits per heavy atom. The molecular weight excluding hydrogens is 279 g/mol. The van der Waals surface area contributed by atoms with Crippen LogP contribution in [-0.2, 0) is 10.9 Å². The molecule has 5 nitrogen and oxygen atoms in total. The van der Waals surface area contributed by atoms with Gasteiger partial charge in [-0.15, -0.1) is 0 Å². The first kappa shape index (κ1) is 14.2. The van der Waals surface area contributed by atoms with E-state index in [-0.39, 0.29) is 18.1 Å². The van der Waals surface area contributed by atoms with Crippen molar-refractivity contribution in [3.05, 3.63) is 29.5 Å². The second kappa shape index (κ2) is 5.03. The Hall–Kier alpha value is -2.25. The first-order chi connectivity index (χ1) is 9.32. The predicted octanol–water partition coefficient (Wildman–Crippen LogP) is 3.44. The standard InChI is InChI=1S/C12H10F3NO4/c1-3-18-11(17)8-9(12(13,14)15)16-10(20-8)7-4-6(2)19-5-7/h4-5H,3H2,1-2H3. The number of hydrogen-bond acceptors (Lipinski definition) is 5. The van der Waals surface area contributed by atoms with Crippen molar-refractivity contribution in [1.82, 2.24) is 4.98 Å². The van der Waals surface area contributed by atoms with E-state index in [4.69, 9.17) is 8.83 Å². The molecule has 0 bridgehead atoms. The monoisotopic (exact) mass is 289 g/mol. The van der Waals surface area contributed by atoms with Crippen LogP contribution in [0.2, 0.25) is 0 Å². The summed E-state index contributed by atoms with van der Waals surface area (Å²) in [4.78, 5) is 14.8. The summed E-state index contributed by atoms with van der Waals surface area (Å²) in [5, 5.41) is 0. The van der Waals surface area contributed by atoms with Crippen LogP contribution in [0.1, 0.15) is 28.9 Å². The molecular formula is C12H10F3NO4. The molecule has 20 heavy (non-hydrogen) atoms. The SMILES string of the molecule is CCOC(=O)c1oc(-c2coc(C)c2)nc1C(F)(F)F. The summed E-state index contributed by atoms with van der Waals surface area (Å²) >= 11 is 0. The Kier molecular flexibility index (Phi) is 3.56. The van der Waals surface area contributed by atoms with Crippen LogP contribution in [-0.4, -0.2) is 17.6 Å². The van der Waals surface area contributed by atoms with E-state index in [2.05, 4.69) is 9.72 Å². The summed E-state index contributed by atoms with van der Waals surface area (Å²) in [6, 6.07) is 1.45. The lowest BCUT2D eigenvalue weighted by atomic mass is 10.3. The van der Waals surface area contributed by atoms with Crippen molar-refractivity contribution in [2.75, 3.05) is 6.61 Å². The number of oxazole rings is 1. The summed E-state index contributed by atoms with van der Waals surface area (Å²) in [5.41, 5.74) is -1.20.